The van der Waals surface area contributed by atoms with Gasteiger partial charge in [0.15, 0.2) is 5.12 Å². The van der Waals surface area contributed by atoms with E-state index in [2.05, 4.69) is 4.74 Å². The first-order chi connectivity index (χ1) is 9.58. The molecule has 4 nitrogen and oxygen atoms in total. The maximum absolute atomic E-state index is 11.4. The van der Waals surface area contributed by atoms with E-state index in [1.807, 2.05) is 12.2 Å². The van der Waals surface area contributed by atoms with Crippen LogP contribution in [0, 0.1) is 0 Å². The Labute approximate surface area is 123 Å². The van der Waals surface area contributed by atoms with Crippen molar-refractivity contribution in [2.24, 2.45) is 0 Å². The fraction of sp³-hybridized carbons (Fsp3) is 0.333. The van der Waals surface area contributed by atoms with E-state index in [0.29, 0.717) is 11.3 Å². The van der Waals surface area contributed by atoms with Crippen LogP contribution >= 0.6 is 11.8 Å². The normalized spacial score (nSPS) is 10.6. The van der Waals surface area contributed by atoms with Gasteiger partial charge in [-0.1, -0.05) is 30.0 Å². The summed E-state index contributed by atoms with van der Waals surface area (Å²) in [6.45, 7) is 1.56. The van der Waals surface area contributed by atoms with Crippen molar-refractivity contribution in [3.8, 4) is 5.75 Å². The van der Waals surface area contributed by atoms with Gasteiger partial charge >= 0.3 is 5.97 Å². The molecule has 108 valence electrons. The quantitative estimate of drug-likeness (QED) is 0.596. The van der Waals surface area contributed by atoms with Crippen LogP contribution in [0.25, 0.3) is 6.08 Å². The molecule has 0 fully saturated rings. The van der Waals surface area contributed by atoms with Gasteiger partial charge in [0.05, 0.1) is 19.8 Å². The molecule has 20 heavy (non-hydrogen) atoms. The molecule has 1 aromatic rings. The molecule has 0 bridgehead atoms. The molecule has 0 aliphatic rings. The fourth-order valence-corrected chi connectivity index (χ4v) is 2.12. The molecule has 0 radical (unpaired) electrons. The summed E-state index contributed by atoms with van der Waals surface area (Å²) in [6, 6.07) is 5.15. The lowest BCUT2D eigenvalue weighted by atomic mass is 10.1. The smallest absolute Gasteiger partial charge is 0.337 e. The molecule has 0 aliphatic carbocycles. The maximum Gasteiger partial charge on any atom is 0.337 e. The van der Waals surface area contributed by atoms with E-state index in [9.17, 15) is 9.59 Å². The van der Waals surface area contributed by atoms with Gasteiger partial charge in [-0.05, 0) is 18.6 Å². The van der Waals surface area contributed by atoms with Crippen LogP contribution in [0.4, 0.5) is 0 Å². The second kappa shape index (κ2) is 8.43. The Morgan fingerprint density at radius 3 is 2.65 bits per heavy atom. The Morgan fingerprint density at radius 1 is 1.30 bits per heavy atom. The highest BCUT2D eigenvalue weighted by Gasteiger charge is 2.08. The molecule has 0 heterocycles. The Bertz CT molecular complexity index is 509. The van der Waals surface area contributed by atoms with Crippen LogP contribution in [0.3, 0.4) is 0 Å². The highest BCUT2D eigenvalue weighted by molar-refractivity contribution is 8.13. The van der Waals surface area contributed by atoms with Crippen LogP contribution in [0.15, 0.2) is 24.3 Å². The molecule has 1 aromatic carbocycles. The number of esters is 1. The van der Waals surface area contributed by atoms with Crippen LogP contribution in [-0.4, -0.2) is 31.1 Å². The summed E-state index contributed by atoms with van der Waals surface area (Å²) in [4.78, 5) is 22.2. The molecular weight excluding hydrogens is 276 g/mol. The molecule has 0 aromatic heterocycles. The summed E-state index contributed by atoms with van der Waals surface area (Å²) in [5, 5.41) is 0.124. The largest absolute Gasteiger partial charge is 0.496 e. The molecule has 0 unspecified atom stereocenters. The number of carbonyl (C=O) groups excluding carboxylic acids is 2. The molecule has 0 aliphatic heterocycles. The minimum absolute atomic E-state index is 0.124. The number of ether oxygens (including phenoxy) is 2. The highest BCUT2D eigenvalue weighted by atomic mass is 32.2. The monoisotopic (exact) mass is 294 g/mol. The molecule has 1 rings (SSSR count). The Morgan fingerprint density at radius 2 is 2.05 bits per heavy atom. The van der Waals surface area contributed by atoms with Gasteiger partial charge in [0.25, 0.3) is 0 Å². The summed E-state index contributed by atoms with van der Waals surface area (Å²) in [6.07, 6.45) is 4.69. The van der Waals surface area contributed by atoms with Gasteiger partial charge in [-0.25, -0.2) is 4.79 Å². The zero-order chi connectivity index (χ0) is 15.0. The minimum Gasteiger partial charge on any atom is -0.496 e. The Kier molecular flexibility index (Phi) is 6.87. The molecule has 0 atom stereocenters. The molecular formula is C15H18O4S. The number of benzene rings is 1. The van der Waals surface area contributed by atoms with Gasteiger partial charge in [-0.15, -0.1) is 0 Å². The molecule has 5 heteroatoms. The van der Waals surface area contributed by atoms with Crippen molar-refractivity contribution >= 4 is 28.9 Å². The van der Waals surface area contributed by atoms with E-state index in [4.69, 9.17) is 4.74 Å². The molecule has 0 saturated carbocycles. The minimum atomic E-state index is -0.392. The predicted molar refractivity (Wildman–Crippen MR) is 81.1 cm³/mol. The third-order valence-corrected chi connectivity index (χ3v) is 3.39. The van der Waals surface area contributed by atoms with Gasteiger partial charge < -0.3 is 9.47 Å². The van der Waals surface area contributed by atoms with Crippen LogP contribution in [0.5, 0.6) is 5.75 Å². The first kappa shape index (κ1) is 16.3. The third-order valence-electron chi connectivity index (χ3n) is 2.54. The lowest BCUT2D eigenvalue weighted by Crippen LogP contribution is -2.01. The van der Waals surface area contributed by atoms with E-state index in [-0.39, 0.29) is 5.12 Å². The summed E-state index contributed by atoms with van der Waals surface area (Å²) in [5.74, 6) is 0.981. The second-order valence-electron chi connectivity index (χ2n) is 3.98. The van der Waals surface area contributed by atoms with E-state index >= 15 is 0 Å². The van der Waals surface area contributed by atoms with Crippen molar-refractivity contribution in [2.45, 2.75) is 13.3 Å². The Balaban J connectivity index is 2.72. The summed E-state index contributed by atoms with van der Waals surface area (Å²) in [5.41, 5.74) is 1.33. The fourth-order valence-electron chi connectivity index (χ4n) is 1.57. The van der Waals surface area contributed by atoms with Crippen molar-refractivity contribution in [3.05, 3.63) is 35.4 Å². The van der Waals surface area contributed by atoms with Gasteiger partial charge in [-0.2, -0.15) is 0 Å². The van der Waals surface area contributed by atoms with Crippen LogP contribution < -0.4 is 4.74 Å². The lowest BCUT2D eigenvalue weighted by Gasteiger charge is -2.07. The van der Waals surface area contributed by atoms with E-state index in [1.165, 1.54) is 18.9 Å². The van der Waals surface area contributed by atoms with Gasteiger partial charge in [0, 0.05) is 18.2 Å². The average Bonchev–Trinajstić information content (AvgIpc) is 2.45. The topological polar surface area (TPSA) is 52.6 Å². The van der Waals surface area contributed by atoms with Gasteiger partial charge in [0.2, 0.25) is 0 Å². The van der Waals surface area contributed by atoms with Crippen LogP contribution in [-0.2, 0) is 9.53 Å². The first-order valence-electron chi connectivity index (χ1n) is 6.14. The van der Waals surface area contributed by atoms with Crippen LogP contribution in [0.2, 0.25) is 0 Å². The maximum atomic E-state index is 11.4. The van der Waals surface area contributed by atoms with Crippen LogP contribution in [0.1, 0.15) is 29.3 Å². The molecule has 0 spiro atoms. The average molecular weight is 294 g/mol. The number of thioether (sulfide) groups is 1. The van der Waals surface area contributed by atoms with Gasteiger partial charge in [0.1, 0.15) is 5.75 Å². The van der Waals surface area contributed by atoms with Crippen molar-refractivity contribution < 1.29 is 19.1 Å². The van der Waals surface area contributed by atoms with E-state index in [0.717, 1.165) is 17.7 Å². The zero-order valence-electron chi connectivity index (χ0n) is 11.8. The number of allylic oxidation sites excluding steroid dienone is 1. The van der Waals surface area contributed by atoms with Gasteiger partial charge in [-0.3, -0.25) is 4.79 Å². The van der Waals surface area contributed by atoms with Crippen molar-refractivity contribution in [1.82, 2.24) is 0 Å². The summed E-state index contributed by atoms with van der Waals surface area (Å²) < 4.78 is 9.92. The lowest BCUT2D eigenvalue weighted by molar-refractivity contribution is -0.109. The van der Waals surface area contributed by atoms with Crippen molar-refractivity contribution in [3.63, 3.8) is 0 Å². The number of carbonyl (C=O) groups is 2. The molecule has 0 saturated heterocycles. The highest BCUT2D eigenvalue weighted by Crippen LogP contribution is 2.22. The first-order valence-corrected chi connectivity index (χ1v) is 7.13. The molecule has 0 amide bonds. The Hall–Kier alpha value is -1.75. The number of methoxy groups -OCH3 is 2. The van der Waals surface area contributed by atoms with E-state index < -0.39 is 5.97 Å². The standard InChI is InChI=1S/C15H18O4S/c1-11(16)20-9-5-4-6-12-7-8-13(15(17)19-3)10-14(12)18-2/h4,6-8,10H,5,9H2,1-3H3. The molecule has 0 N–H and O–H groups in total. The second-order valence-corrected chi connectivity index (χ2v) is 5.25. The predicted octanol–water partition coefficient (Wildman–Crippen LogP) is 3.16. The van der Waals surface area contributed by atoms with Crippen molar-refractivity contribution in [2.75, 3.05) is 20.0 Å². The number of hydrogen-bond donors (Lipinski definition) is 0. The van der Waals surface area contributed by atoms with E-state index in [1.54, 1.807) is 32.2 Å². The van der Waals surface area contributed by atoms with Crippen molar-refractivity contribution in [1.29, 1.82) is 0 Å². The summed E-state index contributed by atoms with van der Waals surface area (Å²) >= 11 is 1.30. The third kappa shape index (κ3) is 5.09. The summed E-state index contributed by atoms with van der Waals surface area (Å²) in [7, 11) is 2.90. The number of hydrogen-bond acceptors (Lipinski definition) is 5. The number of rotatable bonds is 6. The SMILES string of the molecule is COC(=O)c1ccc(C=CCCSC(C)=O)c(OC)c1. The zero-order valence-corrected chi connectivity index (χ0v) is 12.7.